The second-order valence-corrected chi connectivity index (χ2v) is 9.55. The van der Waals surface area contributed by atoms with Gasteiger partial charge >= 0.3 is 12.1 Å². The molecule has 1 aliphatic heterocycles. The quantitative estimate of drug-likeness (QED) is 0.247. The van der Waals surface area contributed by atoms with Crippen LogP contribution in [0.3, 0.4) is 0 Å². The first-order chi connectivity index (χ1) is 16.2. The Labute approximate surface area is 202 Å². The van der Waals surface area contributed by atoms with Crippen molar-refractivity contribution in [2.75, 3.05) is 17.3 Å². The van der Waals surface area contributed by atoms with Gasteiger partial charge in [0.1, 0.15) is 0 Å². The normalized spacial score (nSPS) is 14.3. The van der Waals surface area contributed by atoms with Crippen LogP contribution in [-0.4, -0.2) is 24.2 Å². The van der Waals surface area contributed by atoms with Crippen LogP contribution >= 0.6 is 11.8 Å². The van der Waals surface area contributed by atoms with Gasteiger partial charge in [0.05, 0.1) is 25.1 Å². The second kappa shape index (κ2) is 11.8. The average Bonchev–Trinajstić information content (AvgIpc) is 3.16. The third-order valence-electron chi connectivity index (χ3n) is 6.02. The molecule has 1 atom stereocenters. The van der Waals surface area contributed by atoms with Crippen molar-refractivity contribution in [2.45, 2.75) is 63.6 Å². The maximum absolute atomic E-state index is 12.9. The van der Waals surface area contributed by atoms with Gasteiger partial charge in [0.15, 0.2) is 0 Å². The zero-order valence-electron chi connectivity index (χ0n) is 19.5. The number of esters is 1. The van der Waals surface area contributed by atoms with Gasteiger partial charge in [-0.15, -0.1) is 11.8 Å². The minimum atomic E-state index is -4.42. The number of hydrogen-bond acceptors (Lipinski definition) is 4. The molecule has 0 aromatic heterocycles. The number of nitrogens with zero attached hydrogens (tertiary/aromatic N) is 1. The number of fused-ring (bicyclic) bond motifs is 1. The molecule has 0 saturated carbocycles. The van der Waals surface area contributed by atoms with Gasteiger partial charge in [-0.05, 0) is 54.3 Å². The van der Waals surface area contributed by atoms with Gasteiger partial charge in [0, 0.05) is 21.9 Å². The molecular weight excluding hydrogens is 463 g/mol. The van der Waals surface area contributed by atoms with E-state index in [1.54, 1.807) is 12.1 Å². The summed E-state index contributed by atoms with van der Waals surface area (Å²) in [7, 11) is 0. The third-order valence-corrected chi connectivity index (χ3v) is 7.12. The molecule has 2 aromatic carbocycles. The lowest BCUT2D eigenvalue weighted by Gasteiger charge is -2.17. The van der Waals surface area contributed by atoms with Crippen LogP contribution in [0.25, 0.3) is 0 Å². The maximum atomic E-state index is 12.9. The number of benzene rings is 2. The standard InChI is InChI=1S/C26H30F3NO3S/c1-3-5-7-18(4-2)17-33-24(31)14-15-34-23-9-6-8-21-22(23)16-30(25(21)32)20-12-10-19(11-13-20)26(27,28)29/h6,8-13,18H,3-5,7,14-17H2,1-2H3. The van der Waals surface area contributed by atoms with E-state index in [9.17, 15) is 22.8 Å². The van der Waals surface area contributed by atoms with Gasteiger partial charge in [-0.1, -0.05) is 39.2 Å². The topological polar surface area (TPSA) is 46.6 Å². The number of thioether (sulfide) groups is 1. The lowest BCUT2D eigenvalue weighted by Crippen LogP contribution is -2.23. The van der Waals surface area contributed by atoms with Crippen molar-refractivity contribution in [1.82, 2.24) is 0 Å². The number of alkyl halides is 3. The average molecular weight is 494 g/mol. The zero-order valence-corrected chi connectivity index (χ0v) is 20.3. The third kappa shape index (κ3) is 6.56. The van der Waals surface area contributed by atoms with Crippen LogP contribution in [0.15, 0.2) is 47.4 Å². The van der Waals surface area contributed by atoms with Gasteiger partial charge < -0.3 is 9.64 Å². The van der Waals surface area contributed by atoms with Crippen LogP contribution in [0.1, 0.15) is 67.4 Å². The SMILES string of the molecule is CCCCC(CC)COC(=O)CCSc1cccc2c1CN(c1ccc(C(F)(F)F)cc1)C2=O. The van der Waals surface area contributed by atoms with E-state index in [1.807, 2.05) is 6.07 Å². The Morgan fingerprint density at radius 3 is 2.53 bits per heavy atom. The molecular formula is C26H30F3NO3S. The van der Waals surface area contributed by atoms with E-state index in [2.05, 4.69) is 13.8 Å². The lowest BCUT2D eigenvalue weighted by molar-refractivity contribution is -0.144. The highest BCUT2D eigenvalue weighted by Crippen LogP contribution is 2.36. The lowest BCUT2D eigenvalue weighted by atomic mass is 10.0. The van der Waals surface area contributed by atoms with E-state index in [-0.39, 0.29) is 24.8 Å². The molecule has 3 rings (SSSR count). The monoisotopic (exact) mass is 493 g/mol. The highest BCUT2D eigenvalue weighted by atomic mass is 32.2. The smallest absolute Gasteiger partial charge is 0.416 e. The van der Waals surface area contributed by atoms with E-state index in [0.717, 1.165) is 48.3 Å². The fourth-order valence-corrected chi connectivity index (χ4v) is 4.92. The largest absolute Gasteiger partial charge is 0.465 e. The molecule has 0 saturated heterocycles. The van der Waals surface area contributed by atoms with Crippen molar-refractivity contribution < 1.29 is 27.5 Å². The molecule has 34 heavy (non-hydrogen) atoms. The summed E-state index contributed by atoms with van der Waals surface area (Å²) in [5.74, 6) is 0.457. The summed E-state index contributed by atoms with van der Waals surface area (Å²) in [6, 6.07) is 10.0. The van der Waals surface area contributed by atoms with E-state index in [0.29, 0.717) is 29.5 Å². The Hall–Kier alpha value is -2.48. The number of anilines is 1. The Kier molecular flexibility index (Phi) is 9.05. The van der Waals surface area contributed by atoms with E-state index in [4.69, 9.17) is 4.74 Å². The summed E-state index contributed by atoms with van der Waals surface area (Å²) in [6.07, 6.45) is 0.161. The van der Waals surface area contributed by atoms with Gasteiger partial charge in [-0.25, -0.2) is 0 Å². The summed E-state index contributed by atoms with van der Waals surface area (Å²) >= 11 is 1.48. The molecule has 2 aromatic rings. The van der Waals surface area contributed by atoms with Gasteiger partial charge in [-0.2, -0.15) is 13.2 Å². The maximum Gasteiger partial charge on any atom is 0.416 e. The Balaban J connectivity index is 1.57. The van der Waals surface area contributed by atoms with Crippen molar-refractivity contribution in [3.63, 3.8) is 0 Å². The summed E-state index contributed by atoms with van der Waals surface area (Å²) in [5, 5.41) is 0. The van der Waals surface area contributed by atoms with Crippen LogP contribution in [0.4, 0.5) is 18.9 Å². The molecule has 4 nitrogen and oxygen atoms in total. The first kappa shape index (κ1) is 26.1. The summed E-state index contributed by atoms with van der Waals surface area (Å²) in [4.78, 5) is 27.4. The van der Waals surface area contributed by atoms with E-state index < -0.39 is 11.7 Å². The first-order valence-corrected chi connectivity index (χ1v) is 12.6. The van der Waals surface area contributed by atoms with Crippen LogP contribution in [0.2, 0.25) is 0 Å². The summed E-state index contributed by atoms with van der Waals surface area (Å²) in [5.41, 5.74) is 1.03. The molecule has 0 aliphatic carbocycles. The molecule has 184 valence electrons. The van der Waals surface area contributed by atoms with Crippen molar-refractivity contribution in [3.8, 4) is 0 Å². The van der Waals surface area contributed by atoms with Gasteiger partial charge in [-0.3, -0.25) is 9.59 Å². The van der Waals surface area contributed by atoms with Crippen LogP contribution in [0, 0.1) is 5.92 Å². The minimum Gasteiger partial charge on any atom is -0.465 e. The second-order valence-electron chi connectivity index (χ2n) is 8.42. The predicted molar refractivity (Wildman–Crippen MR) is 128 cm³/mol. The van der Waals surface area contributed by atoms with Crippen molar-refractivity contribution in [1.29, 1.82) is 0 Å². The number of halogens is 3. The number of unbranched alkanes of at least 4 members (excludes halogenated alkanes) is 1. The summed E-state index contributed by atoms with van der Waals surface area (Å²) in [6.45, 7) is 4.99. The van der Waals surface area contributed by atoms with Crippen LogP contribution in [0.5, 0.6) is 0 Å². The number of ether oxygens (including phenoxy) is 1. The minimum absolute atomic E-state index is 0.225. The Morgan fingerprint density at radius 1 is 1.15 bits per heavy atom. The van der Waals surface area contributed by atoms with Crippen molar-refractivity contribution in [2.24, 2.45) is 5.92 Å². The van der Waals surface area contributed by atoms with Crippen LogP contribution < -0.4 is 4.90 Å². The zero-order chi connectivity index (χ0) is 24.7. The van der Waals surface area contributed by atoms with Crippen LogP contribution in [-0.2, 0) is 22.3 Å². The van der Waals surface area contributed by atoms with E-state index >= 15 is 0 Å². The molecule has 1 aliphatic rings. The summed E-state index contributed by atoms with van der Waals surface area (Å²) < 4.78 is 44.0. The molecule has 1 heterocycles. The number of hydrogen-bond donors (Lipinski definition) is 0. The highest BCUT2D eigenvalue weighted by Gasteiger charge is 2.33. The molecule has 1 unspecified atom stereocenters. The molecule has 1 amide bonds. The number of rotatable bonds is 11. The molecule has 0 N–H and O–H groups in total. The van der Waals surface area contributed by atoms with Gasteiger partial charge in [0.25, 0.3) is 5.91 Å². The number of carbonyl (C=O) groups excluding carboxylic acids is 2. The molecule has 0 fully saturated rings. The number of carbonyl (C=O) groups is 2. The molecule has 0 radical (unpaired) electrons. The first-order valence-electron chi connectivity index (χ1n) is 11.6. The molecule has 0 spiro atoms. The molecule has 8 heteroatoms. The molecule has 0 bridgehead atoms. The van der Waals surface area contributed by atoms with Gasteiger partial charge in [0.2, 0.25) is 0 Å². The highest BCUT2D eigenvalue weighted by molar-refractivity contribution is 7.99. The fraction of sp³-hybridized carbons (Fsp3) is 0.462. The van der Waals surface area contributed by atoms with Crippen molar-refractivity contribution >= 4 is 29.3 Å². The Bertz CT molecular complexity index is 992. The fourth-order valence-electron chi connectivity index (χ4n) is 3.90. The number of amides is 1. The predicted octanol–water partition coefficient (Wildman–Crippen LogP) is 7.11. The van der Waals surface area contributed by atoms with Crippen molar-refractivity contribution in [3.05, 3.63) is 59.2 Å². The Morgan fingerprint density at radius 2 is 1.88 bits per heavy atom. The van der Waals surface area contributed by atoms with E-state index in [1.165, 1.54) is 28.8 Å².